The van der Waals surface area contributed by atoms with E-state index in [4.69, 9.17) is 6.58 Å². The highest BCUT2D eigenvalue weighted by atomic mass is 15.1. The van der Waals surface area contributed by atoms with Crippen molar-refractivity contribution >= 4 is 0 Å². The van der Waals surface area contributed by atoms with Gasteiger partial charge in [-0.2, -0.15) is 0 Å². The first-order valence-corrected chi connectivity index (χ1v) is 3.36. The maximum Gasteiger partial charge on any atom is 0.0954 e. The lowest BCUT2D eigenvalue weighted by atomic mass is 10.2. The molecule has 1 heteroatoms. The Balaban J connectivity index is 2.98. The summed E-state index contributed by atoms with van der Waals surface area (Å²) in [6.07, 6.45) is 5.64. The summed E-state index contributed by atoms with van der Waals surface area (Å²) < 4.78 is 0. The van der Waals surface area contributed by atoms with Crippen LogP contribution in [-0.2, 0) is 0 Å². The predicted molar refractivity (Wildman–Crippen MR) is 44.7 cm³/mol. The molecule has 0 amide bonds. The van der Waals surface area contributed by atoms with Crippen molar-refractivity contribution in [2.24, 2.45) is 0 Å². The number of hydrogen-bond donors (Lipinski definition) is 0. The zero-order valence-corrected chi connectivity index (χ0v) is 6.68. The molecule has 0 heterocycles. The average molecular weight is 143 g/mol. The molecule has 0 aliphatic heterocycles. The van der Waals surface area contributed by atoms with E-state index in [-0.39, 0.29) is 0 Å². The Kier molecular flexibility index (Phi) is 2.18. The van der Waals surface area contributed by atoms with Gasteiger partial charge in [-0.1, -0.05) is 11.8 Å². The monoisotopic (exact) mass is 143 g/mol. The van der Waals surface area contributed by atoms with Crippen LogP contribution >= 0.6 is 0 Å². The molecular weight excluding hydrogens is 134 g/mol. The van der Waals surface area contributed by atoms with Gasteiger partial charge in [0.25, 0.3) is 0 Å². The smallest absolute Gasteiger partial charge is 0.0954 e. The summed E-state index contributed by atoms with van der Waals surface area (Å²) in [5.74, 6) is 0. The molecule has 1 aliphatic carbocycles. The fourth-order valence-corrected chi connectivity index (χ4v) is 0.898. The lowest BCUT2D eigenvalue weighted by molar-refractivity contribution is 0.526. The van der Waals surface area contributed by atoms with Crippen molar-refractivity contribution in [3.63, 3.8) is 0 Å². The van der Waals surface area contributed by atoms with E-state index in [9.17, 15) is 0 Å². The SMILES string of the molecule is [C]=C=C(C1=C=CC=C1)N(C)C. The molecule has 1 aliphatic rings. The first kappa shape index (κ1) is 7.68. The van der Waals surface area contributed by atoms with E-state index in [0.29, 0.717) is 0 Å². The molecule has 0 N–H and O–H groups in total. The molecule has 54 valence electrons. The van der Waals surface area contributed by atoms with Crippen LogP contribution in [0.4, 0.5) is 0 Å². The van der Waals surface area contributed by atoms with Crippen LogP contribution in [0.2, 0.25) is 0 Å². The van der Waals surface area contributed by atoms with Gasteiger partial charge in [0.1, 0.15) is 0 Å². The molecule has 0 bridgehead atoms. The van der Waals surface area contributed by atoms with Crippen LogP contribution in [0.3, 0.4) is 0 Å². The largest absolute Gasteiger partial charge is 0.370 e. The Labute approximate surface area is 67.3 Å². The van der Waals surface area contributed by atoms with Gasteiger partial charge < -0.3 is 4.90 Å². The Morgan fingerprint density at radius 2 is 2.36 bits per heavy atom. The van der Waals surface area contributed by atoms with Crippen molar-refractivity contribution in [2.45, 2.75) is 0 Å². The van der Waals surface area contributed by atoms with Gasteiger partial charge in [0, 0.05) is 19.7 Å². The fourth-order valence-electron chi connectivity index (χ4n) is 0.898. The molecule has 0 aromatic heterocycles. The van der Waals surface area contributed by atoms with E-state index >= 15 is 0 Å². The van der Waals surface area contributed by atoms with Crippen molar-refractivity contribution < 1.29 is 0 Å². The molecule has 0 atom stereocenters. The standard InChI is InChI=1S/C10H9N/c1-4-10(11(2)3)9-7-5-6-8-9/h5-7H,2-3H3. The number of hydrogen-bond acceptors (Lipinski definition) is 1. The number of rotatable bonds is 2. The van der Waals surface area contributed by atoms with Gasteiger partial charge in [0.2, 0.25) is 0 Å². The quantitative estimate of drug-likeness (QED) is 0.530. The van der Waals surface area contributed by atoms with Crippen LogP contribution in [0.15, 0.2) is 41.0 Å². The minimum absolute atomic E-state index is 0.759. The minimum atomic E-state index is 0.759. The van der Waals surface area contributed by atoms with E-state index < -0.39 is 0 Å². The fraction of sp³-hybridized carbons (Fsp3) is 0.200. The van der Waals surface area contributed by atoms with Crippen LogP contribution in [0.5, 0.6) is 0 Å². The van der Waals surface area contributed by atoms with E-state index in [0.717, 1.165) is 11.3 Å². The first-order valence-electron chi connectivity index (χ1n) is 3.36. The second kappa shape index (κ2) is 3.12. The van der Waals surface area contributed by atoms with Crippen LogP contribution in [0.25, 0.3) is 0 Å². The third-order valence-electron chi connectivity index (χ3n) is 1.42. The van der Waals surface area contributed by atoms with E-state index in [1.165, 1.54) is 0 Å². The average Bonchev–Trinajstić information content (AvgIpc) is 2.40. The Hall–Kier alpha value is -1.42. The maximum absolute atomic E-state index is 7.02. The highest BCUT2D eigenvalue weighted by Gasteiger charge is 2.03. The number of likely N-dealkylation sites (N-methyl/N-ethyl adjacent to an activating group) is 1. The van der Waals surface area contributed by atoms with Crippen LogP contribution < -0.4 is 0 Å². The molecule has 0 unspecified atom stereocenters. The van der Waals surface area contributed by atoms with Crippen molar-refractivity contribution in [2.75, 3.05) is 14.1 Å². The summed E-state index contributed by atoms with van der Waals surface area (Å²) >= 11 is 0. The van der Waals surface area contributed by atoms with Crippen molar-refractivity contribution in [1.29, 1.82) is 0 Å². The van der Waals surface area contributed by atoms with Crippen LogP contribution in [0.1, 0.15) is 0 Å². The Morgan fingerprint density at radius 3 is 2.73 bits per heavy atom. The normalized spacial score (nSPS) is 12.7. The molecule has 1 rings (SSSR count). The zero-order chi connectivity index (χ0) is 8.27. The lowest BCUT2D eigenvalue weighted by Crippen LogP contribution is -2.10. The van der Waals surface area contributed by atoms with Crippen LogP contribution in [-0.4, -0.2) is 19.0 Å². The van der Waals surface area contributed by atoms with E-state index in [1.54, 1.807) is 0 Å². The molecule has 2 radical (unpaired) electrons. The van der Waals surface area contributed by atoms with Gasteiger partial charge in [-0.3, -0.25) is 0 Å². The number of allylic oxidation sites excluding steroid dienone is 2. The summed E-state index contributed by atoms with van der Waals surface area (Å²) in [5, 5.41) is 0. The minimum Gasteiger partial charge on any atom is -0.370 e. The van der Waals surface area contributed by atoms with Gasteiger partial charge >= 0.3 is 0 Å². The molecule has 0 aromatic carbocycles. The molecular formula is C10H9N. The van der Waals surface area contributed by atoms with E-state index in [2.05, 4.69) is 11.5 Å². The third kappa shape index (κ3) is 1.53. The summed E-state index contributed by atoms with van der Waals surface area (Å²) in [6, 6.07) is 0. The van der Waals surface area contributed by atoms with Gasteiger partial charge in [0.15, 0.2) is 0 Å². The Morgan fingerprint density at radius 1 is 1.64 bits per heavy atom. The van der Waals surface area contributed by atoms with Gasteiger partial charge in [-0.15, -0.1) is 5.73 Å². The van der Waals surface area contributed by atoms with Crippen molar-refractivity contribution in [1.82, 2.24) is 4.90 Å². The van der Waals surface area contributed by atoms with Gasteiger partial charge in [-0.05, 0) is 12.2 Å². The third-order valence-corrected chi connectivity index (χ3v) is 1.42. The lowest BCUT2D eigenvalue weighted by Gasteiger charge is -2.13. The molecule has 1 nitrogen and oxygen atoms in total. The highest BCUT2D eigenvalue weighted by Crippen LogP contribution is 2.13. The van der Waals surface area contributed by atoms with Crippen LogP contribution in [0, 0.1) is 6.58 Å². The van der Waals surface area contributed by atoms with Crippen molar-refractivity contribution in [3.8, 4) is 0 Å². The highest BCUT2D eigenvalue weighted by molar-refractivity contribution is 5.42. The molecule has 0 saturated heterocycles. The summed E-state index contributed by atoms with van der Waals surface area (Å²) in [5.41, 5.74) is 7.05. The second-order valence-electron chi connectivity index (χ2n) is 2.45. The summed E-state index contributed by atoms with van der Waals surface area (Å²) in [4.78, 5) is 1.85. The zero-order valence-electron chi connectivity index (χ0n) is 6.68. The number of nitrogens with zero attached hydrogens (tertiary/aromatic N) is 1. The van der Waals surface area contributed by atoms with Gasteiger partial charge in [-0.25, -0.2) is 0 Å². The van der Waals surface area contributed by atoms with E-state index in [1.807, 2.05) is 37.2 Å². The van der Waals surface area contributed by atoms with Gasteiger partial charge in [0.05, 0.1) is 12.3 Å². The molecule has 11 heavy (non-hydrogen) atoms. The predicted octanol–water partition coefficient (Wildman–Crippen LogP) is 1.55. The second-order valence-corrected chi connectivity index (χ2v) is 2.45. The Bertz CT molecular complexity index is 293. The van der Waals surface area contributed by atoms with Crippen molar-refractivity contribution in [3.05, 3.63) is 47.5 Å². The summed E-state index contributed by atoms with van der Waals surface area (Å²) in [7, 11) is 3.77. The topological polar surface area (TPSA) is 3.24 Å². The molecule has 0 aromatic rings. The molecule has 0 fully saturated rings. The molecule has 0 spiro atoms. The maximum atomic E-state index is 7.02. The molecule has 0 saturated carbocycles. The first-order chi connectivity index (χ1) is 5.25. The summed E-state index contributed by atoms with van der Waals surface area (Å²) in [6.45, 7) is 7.02.